The third kappa shape index (κ3) is 3.76. The van der Waals surface area contributed by atoms with Gasteiger partial charge in [-0.25, -0.2) is 0 Å². The quantitative estimate of drug-likeness (QED) is 0.778. The average molecular weight is 261 g/mol. The molecule has 4 nitrogen and oxygen atoms in total. The summed E-state index contributed by atoms with van der Waals surface area (Å²) in [7, 11) is 3.28. The minimum Gasteiger partial charge on any atom is -0.493 e. The molecule has 0 aliphatic heterocycles. The number of hydrogen-bond acceptors (Lipinski definition) is 4. The van der Waals surface area contributed by atoms with Crippen molar-refractivity contribution >= 4 is 0 Å². The van der Waals surface area contributed by atoms with Crippen LogP contribution in [0.3, 0.4) is 0 Å². The molecule has 0 aliphatic carbocycles. The maximum atomic E-state index is 5.28. The van der Waals surface area contributed by atoms with Crippen molar-refractivity contribution in [2.24, 2.45) is 0 Å². The number of methoxy groups -OCH3 is 2. The Morgan fingerprint density at radius 3 is 2.63 bits per heavy atom. The predicted molar refractivity (Wildman–Crippen MR) is 73.7 cm³/mol. The average Bonchev–Trinajstić information content (AvgIpc) is 2.96. The van der Waals surface area contributed by atoms with Gasteiger partial charge in [-0.15, -0.1) is 0 Å². The molecule has 1 N–H and O–H groups in total. The molecule has 1 heterocycles. The summed E-state index contributed by atoms with van der Waals surface area (Å²) in [6, 6.07) is 9.82. The van der Waals surface area contributed by atoms with Crippen LogP contribution in [-0.4, -0.2) is 20.8 Å². The Kier molecular flexibility index (Phi) is 4.86. The van der Waals surface area contributed by atoms with Gasteiger partial charge < -0.3 is 19.2 Å². The van der Waals surface area contributed by atoms with Crippen LogP contribution in [0.5, 0.6) is 11.5 Å². The van der Waals surface area contributed by atoms with Crippen molar-refractivity contribution in [1.29, 1.82) is 0 Å². The van der Waals surface area contributed by atoms with Gasteiger partial charge in [-0.2, -0.15) is 0 Å². The van der Waals surface area contributed by atoms with Crippen molar-refractivity contribution in [2.45, 2.75) is 13.0 Å². The van der Waals surface area contributed by atoms with E-state index in [0.717, 1.165) is 42.3 Å². The van der Waals surface area contributed by atoms with Crippen molar-refractivity contribution < 1.29 is 13.9 Å². The summed E-state index contributed by atoms with van der Waals surface area (Å²) >= 11 is 0. The standard InChI is InChI=1S/C15H19NO3/c1-17-14-6-5-12(10-15(14)18-2)11-16-8-7-13-4-3-9-19-13/h3-6,9-10,16H,7-8,11H2,1-2H3. The number of benzene rings is 1. The molecule has 1 aromatic heterocycles. The van der Waals surface area contributed by atoms with Gasteiger partial charge >= 0.3 is 0 Å². The predicted octanol–water partition coefficient (Wildman–Crippen LogP) is 2.63. The lowest BCUT2D eigenvalue weighted by Crippen LogP contribution is -2.16. The summed E-state index contributed by atoms with van der Waals surface area (Å²) < 4.78 is 15.8. The molecule has 0 aliphatic rings. The van der Waals surface area contributed by atoms with Crippen LogP contribution in [0.2, 0.25) is 0 Å². The fourth-order valence-electron chi connectivity index (χ4n) is 1.89. The van der Waals surface area contributed by atoms with Crippen LogP contribution >= 0.6 is 0 Å². The molecule has 0 saturated carbocycles. The maximum Gasteiger partial charge on any atom is 0.161 e. The zero-order chi connectivity index (χ0) is 13.5. The van der Waals surface area contributed by atoms with E-state index in [4.69, 9.17) is 13.9 Å². The van der Waals surface area contributed by atoms with Crippen molar-refractivity contribution in [1.82, 2.24) is 5.32 Å². The van der Waals surface area contributed by atoms with Gasteiger partial charge in [-0.1, -0.05) is 6.07 Å². The zero-order valence-corrected chi connectivity index (χ0v) is 11.3. The molecule has 0 saturated heterocycles. The SMILES string of the molecule is COc1ccc(CNCCc2ccco2)cc1OC. The van der Waals surface area contributed by atoms with Crippen LogP contribution in [0.25, 0.3) is 0 Å². The topological polar surface area (TPSA) is 43.6 Å². The Balaban J connectivity index is 1.82. The second kappa shape index (κ2) is 6.85. The van der Waals surface area contributed by atoms with Gasteiger partial charge in [0, 0.05) is 19.5 Å². The highest BCUT2D eigenvalue weighted by atomic mass is 16.5. The van der Waals surface area contributed by atoms with Gasteiger partial charge in [0.05, 0.1) is 20.5 Å². The molecule has 0 fully saturated rings. The maximum absolute atomic E-state index is 5.28. The Hall–Kier alpha value is -1.94. The monoisotopic (exact) mass is 261 g/mol. The van der Waals surface area contributed by atoms with E-state index in [1.54, 1.807) is 20.5 Å². The van der Waals surface area contributed by atoms with Gasteiger partial charge in [-0.3, -0.25) is 0 Å². The van der Waals surface area contributed by atoms with Crippen LogP contribution < -0.4 is 14.8 Å². The fraction of sp³-hybridized carbons (Fsp3) is 0.333. The first kappa shape index (κ1) is 13.5. The molecule has 102 valence electrons. The number of rotatable bonds is 7. The fourth-order valence-corrected chi connectivity index (χ4v) is 1.89. The molecule has 2 aromatic rings. The largest absolute Gasteiger partial charge is 0.493 e. The summed E-state index contributed by atoms with van der Waals surface area (Å²) in [5.41, 5.74) is 1.16. The second-order valence-corrected chi connectivity index (χ2v) is 4.20. The second-order valence-electron chi connectivity index (χ2n) is 4.20. The Morgan fingerprint density at radius 1 is 1.11 bits per heavy atom. The molecule has 0 unspecified atom stereocenters. The van der Waals surface area contributed by atoms with Crippen molar-refractivity contribution in [2.75, 3.05) is 20.8 Å². The number of hydrogen-bond donors (Lipinski definition) is 1. The minimum absolute atomic E-state index is 0.752. The first-order chi connectivity index (χ1) is 9.33. The molecule has 19 heavy (non-hydrogen) atoms. The van der Waals surface area contributed by atoms with Crippen LogP contribution in [0.4, 0.5) is 0 Å². The number of ether oxygens (including phenoxy) is 2. The molecule has 4 heteroatoms. The first-order valence-electron chi connectivity index (χ1n) is 6.27. The molecular weight excluding hydrogens is 242 g/mol. The van der Waals surface area contributed by atoms with Crippen LogP contribution in [0, 0.1) is 0 Å². The molecular formula is C15H19NO3. The summed E-state index contributed by atoms with van der Waals surface area (Å²) in [5, 5.41) is 3.37. The number of furan rings is 1. The zero-order valence-electron chi connectivity index (χ0n) is 11.3. The molecule has 2 rings (SSSR count). The summed E-state index contributed by atoms with van der Waals surface area (Å²) in [6.45, 7) is 1.67. The Labute approximate surface area is 113 Å². The van der Waals surface area contributed by atoms with E-state index in [-0.39, 0.29) is 0 Å². The molecule has 0 amide bonds. The van der Waals surface area contributed by atoms with E-state index < -0.39 is 0 Å². The van der Waals surface area contributed by atoms with E-state index in [2.05, 4.69) is 5.32 Å². The molecule has 0 bridgehead atoms. The van der Waals surface area contributed by atoms with Crippen molar-refractivity contribution in [3.63, 3.8) is 0 Å². The van der Waals surface area contributed by atoms with Crippen LogP contribution in [0.15, 0.2) is 41.0 Å². The third-order valence-electron chi connectivity index (χ3n) is 2.91. The highest BCUT2D eigenvalue weighted by Gasteiger charge is 2.04. The highest BCUT2D eigenvalue weighted by molar-refractivity contribution is 5.42. The Morgan fingerprint density at radius 2 is 1.95 bits per heavy atom. The molecule has 1 aromatic carbocycles. The van der Waals surface area contributed by atoms with Gasteiger partial charge in [0.2, 0.25) is 0 Å². The van der Waals surface area contributed by atoms with E-state index in [1.165, 1.54) is 0 Å². The molecule has 0 spiro atoms. The summed E-state index contributed by atoms with van der Waals surface area (Å²) in [4.78, 5) is 0. The van der Waals surface area contributed by atoms with E-state index in [9.17, 15) is 0 Å². The third-order valence-corrected chi connectivity index (χ3v) is 2.91. The van der Waals surface area contributed by atoms with E-state index in [0.29, 0.717) is 0 Å². The van der Waals surface area contributed by atoms with Gasteiger partial charge in [0.25, 0.3) is 0 Å². The highest BCUT2D eigenvalue weighted by Crippen LogP contribution is 2.27. The smallest absolute Gasteiger partial charge is 0.161 e. The first-order valence-corrected chi connectivity index (χ1v) is 6.27. The lowest BCUT2D eigenvalue weighted by atomic mass is 10.2. The Bertz CT molecular complexity index is 494. The van der Waals surface area contributed by atoms with Crippen molar-refractivity contribution in [3.05, 3.63) is 47.9 Å². The lowest BCUT2D eigenvalue weighted by molar-refractivity contribution is 0.354. The van der Waals surface area contributed by atoms with Crippen LogP contribution in [-0.2, 0) is 13.0 Å². The summed E-state index contributed by atoms with van der Waals surface area (Å²) in [5.74, 6) is 2.51. The molecule has 0 radical (unpaired) electrons. The van der Waals surface area contributed by atoms with Crippen LogP contribution in [0.1, 0.15) is 11.3 Å². The molecule has 0 atom stereocenters. The lowest BCUT2D eigenvalue weighted by Gasteiger charge is -2.10. The van der Waals surface area contributed by atoms with E-state index in [1.807, 2.05) is 30.3 Å². The number of nitrogens with one attached hydrogen (secondary N) is 1. The van der Waals surface area contributed by atoms with E-state index >= 15 is 0 Å². The van der Waals surface area contributed by atoms with Gasteiger partial charge in [0.1, 0.15) is 5.76 Å². The summed E-state index contributed by atoms with van der Waals surface area (Å²) in [6.07, 6.45) is 2.59. The van der Waals surface area contributed by atoms with Gasteiger partial charge in [-0.05, 0) is 29.8 Å². The van der Waals surface area contributed by atoms with Gasteiger partial charge in [0.15, 0.2) is 11.5 Å². The minimum atomic E-state index is 0.752. The normalized spacial score (nSPS) is 10.4. The van der Waals surface area contributed by atoms with Crippen molar-refractivity contribution in [3.8, 4) is 11.5 Å².